The van der Waals surface area contributed by atoms with E-state index in [1.165, 1.54) is 0 Å². The van der Waals surface area contributed by atoms with Gasteiger partial charge in [0.2, 0.25) is 0 Å². The van der Waals surface area contributed by atoms with E-state index in [-0.39, 0.29) is 0 Å². The van der Waals surface area contributed by atoms with Crippen LogP contribution >= 0.6 is 0 Å². The van der Waals surface area contributed by atoms with Crippen LogP contribution in [0.4, 0.5) is 0 Å². The molecule has 1 heterocycles. The van der Waals surface area contributed by atoms with Crippen molar-refractivity contribution in [3.05, 3.63) is 67.0 Å². The Kier molecular flexibility index (Phi) is 3.65. The van der Waals surface area contributed by atoms with Crippen molar-refractivity contribution in [3.63, 3.8) is 0 Å². The Morgan fingerprint density at radius 2 is 1.12 bits per heavy atom. The van der Waals surface area contributed by atoms with E-state index in [9.17, 15) is 0 Å². The predicted octanol–water partition coefficient (Wildman–Crippen LogP) is 3.02. The lowest BCUT2D eigenvalue weighted by molar-refractivity contribution is 0.475. The SMILES string of the molecule is Oc1ccccc1.c1ccc2nccnc2c1. The molecule has 1 aromatic heterocycles. The summed E-state index contributed by atoms with van der Waals surface area (Å²) in [6.07, 6.45) is 3.39. The monoisotopic (exact) mass is 224 g/mol. The molecule has 0 saturated carbocycles. The van der Waals surface area contributed by atoms with Crippen LogP contribution in [0.1, 0.15) is 0 Å². The number of aromatic nitrogens is 2. The lowest BCUT2D eigenvalue weighted by Gasteiger charge is -1.90. The molecule has 0 aliphatic heterocycles. The molecule has 3 aromatic rings. The van der Waals surface area contributed by atoms with Gasteiger partial charge in [-0.2, -0.15) is 0 Å². The second-order valence-corrected chi connectivity index (χ2v) is 3.38. The molecule has 0 saturated heterocycles. The Hall–Kier alpha value is -2.42. The number of aromatic hydroxyl groups is 1. The number of benzene rings is 2. The van der Waals surface area contributed by atoms with Gasteiger partial charge in [-0.05, 0) is 24.3 Å². The van der Waals surface area contributed by atoms with E-state index in [2.05, 4.69) is 9.97 Å². The number of nitrogens with zero attached hydrogens (tertiary/aromatic N) is 2. The van der Waals surface area contributed by atoms with Gasteiger partial charge in [-0.25, -0.2) is 0 Å². The molecule has 17 heavy (non-hydrogen) atoms. The van der Waals surface area contributed by atoms with Crippen molar-refractivity contribution in [3.8, 4) is 5.75 Å². The summed E-state index contributed by atoms with van der Waals surface area (Å²) in [5, 5.41) is 8.63. The first kappa shape index (κ1) is 11.1. The van der Waals surface area contributed by atoms with Crippen molar-refractivity contribution in [1.82, 2.24) is 9.97 Å². The van der Waals surface area contributed by atoms with Gasteiger partial charge in [-0.15, -0.1) is 0 Å². The number of phenolic OH excluding ortho intramolecular Hbond substituents is 1. The third-order valence-corrected chi connectivity index (χ3v) is 2.13. The fourth-order valence-electron chi connectivity index (χ4n) is 1.34. The second kappa shape index (κ2) is 5.61. The van der Waals surface area contributed by atoms with E-state index in [0.29, 0.717) is 5.75 Å². The molecular weight excluding hydrogens is 212 g/mol. The van der Waals surface area contributed by atoms with Gasteiger partial charge in [0.1, 0.15) is 5.75 Å². The summed E-state index contributed by atoms with van der Waals surface area (Å²) in [6, 6.07) is 16.5. The zero-order valence-electron chi connectivity index (χ0n) is 9.19. The maximum Gasteiger partial charge on any atom is 0.115 e. The summed E-state index contributed by atoms with van der Waals surface area (Å²) < 4.78 is 0. The molecule has 0 bridgehead atoms. The number of phenols is 1. The average Bonchev–Trinajstić information content (AvgIpc) is 2.41. The van der Waals surface area contributed by atoms with Crippen LogP contribution in [0.15, 0.2) is 67.0 Å². The van der Waals surface area contributed by atoms with Gasteiger partial charge in [-0.3, -0.25) is 9.97 Å². The highest BCUT2D eigenvalue weighted by Crippen LogP contribution is 2.04. The topological polar surface area (TPSA) is 46.0 Å². The Morgan fingerprint density at radius 3 is 1.53 bits per heavy atom. The highest BCUT2D eigenvalue weighted by Gasteiger charge is 1.88. The predicted molar refractivity (Wildman–Crippen MR) is 67.6 cm³/mol. The van der Waals surface area contributed by atoms with Crippen LogP contribution in [0, 0.1) is 0 Å². The summed E-state index contributed by atoms with van der Waals surface area (Å²) in [5.74, 6) is 0.322. The molecule has 3 rings (SSSR count). The van der Waals surface area contributed by atoms with Crippen LogP contribution in [0.5, 0.6) is 5.75 Å². The molecule has 3 nitrogen and oxygen atoms in total. The number of hydrogen-bond donors (Lipinski definition) is 1. The third kappa shape index (κ3) is 3.28. The molecule has 0 unspecified atom stereocenters. The summed E-state index contributed by atoms with van der Waals surface area (Å²) in [5.41, 5.74) is 1.90. The van der Waals surface area contributed by atoms with E-state index in [0.717, 1.165) is 11.0 Å². The van der Waals surface area contributed by atoms with Crippen LogP contribution in [-0.2, 0) is 0 Å². The first-order chi connectivity index (χ1) is 8.36. The Morgan fingerprint density at radius 1 is 0.647 bits per heavy atom. The lowest BCUT2D eigenvalue weighted by Crippen LogP contribution is -1.78. The molecule has 3 heteroatoms. The largest absolute Gasteiger partial charge is 0.508 e. The minimum Gasteiger partial charge on any atom is -0.508 e. The van der Waals surface area contributed by atoms with Crippen LogP contribution in [-0.4, -0.2) is 15.1 Å². The average molecular weight is 224 g/mol. The maximum absolute atomic E-state index is 8.63. The van der Waals surface area contributed by atoms with Crippen molar-refractivity contribution in [1.29, 1.82) is 0 Å². The summed E-state index contributed by atoms with van der Waals surface area (Å²) >= 11 is 0. The molecule has 0 radical (unpaired) electrons. The standard InChI is InChI=1S/C8H6N2.C6H6O/c1-2-4-8-7(3-1)9-5-6-10-8;7-6-4-2-1-3-5-6/h1-6H;1-5,7H. The number of para-hydroxylation sites is 3. The smallest absolute Gasteiger partial charge is 0.115 e. The van der Waals surface area contributed by atoms with Crippen molar-refractivity contribution >= 4 is 11.0 Å². The molecule has 0 fully saturated rings. The molecular formula is C14H12N2O. The van der Waals surface area contributed by atoms with Crippen LogP contribution in [0.25, 0.3) is 11.0 Å². The Labute approximate surface area is 99.4 Å². The molecule has 0 spiro atoms. The Bertz CT molecular complexity index is 516. The molecule has 0 aliphatic rings. The van der Waals surface area contributed by atoms with Gasteiger partial charge in [-0.1, -0.05) is 30.3 Å². The lowest BCUT2D eigenvalue weighted by atomic mass is 10.3. The van der Waals surface area contributed by atoms with E-state index in [1.54, 1.807) is 36.7 Å². The first-order valence-electron chi connectivity index (χ1n) is 5.26. The molecule has 0 atom stereocenters. The normalized spacial score (nSPS) is 9.41. The summed E-state index contributed by atoms with van der Waals surface area (Å²) in [4.78, 5) is 8.24. The number of hydrogen-bond acceptors (Lipinski definition) is 3. The van der Waals surface area contributed by atoms with E-state index < -0.39 is 0 Å². The van der Waals surface area contributed by atoms with E-state index >= 15 is 0 Å². The molecule has 0 aliphatic carbocycles. The number of fused-ring (bicyclic) bond motifs is 1. The fourth-order valence-corrected chi connectivity index (χ4v) is 1.34. The van der Waals surface area contributed by atoms with Crippen LogP contribution < -0.4 is 0 Å². The quantitative estimate of drug-likeness (QED) is 0.638. The minimum absolute atomic E-state index is 0.322. The first-order valence-corrected chi connectivity index (χ1v) is 5.26. The van der Waals surface area contributed by atoms with Crippen LogP contribution in [0.2, 0.25) is 0 Å². The summed E-state index contributed by atoms with van der Waals surface area (Å²) in [6.45, 7) is 0. The van der Waals surface area contributed by atoms with Gasteiger partial charge in [0.15, 0.2) is 0 Å². The van der Waals surface area contributed by atoms with Gasteiger partial charge in [0.25, 0.3) is 0 Å². The highest BCUT2D eigenvalue weighted by atomic mass is 16.3. The zero-order valence-corrected chi connectivity index (χ0v) is 9.19. The van der Waals surface area contributed by atoms with E-state index in [4.69, 9.17) is 5.11 Å². The minimum atomic E-state index is 0.322. The van der Waals surface area contributed by atoms with Crippen molar-refractivity contribution in [2.75, 3.05) is 0 Å². The second-order valence-electron chi connectivity index (χ2n) is 3.38. The molecule has 84 valence electrons. The third-order valence-electron chi connectivity index (χ3n) is 2.13. The highest BCUT2D eigenvalue weighted by molar-refractivity contribution is 5.72. The van der Waals surface area contributed by atoms with Crippen LogP contribution in [0.3, 0.4) is 0 Å². The van der Waals surface area contributed by atoms with E-state index in [1.807, 2.05) is 30.3 Å². The molecule has 1 N–H and O–H groups in total. The Balaban J connectivity index is 0.000000136. The van der Waals surface area contributed by atoms with Gasteiger partial charge in [0.05, 0.1) is 11.0 Å². The maximum atomic E-state index is 8.63. The van der Waals surface area contributed by atoms with Gasteiger partial charge < -0.3 is 5.11 Å². The molecule has 2 aromatic carbocycles. The van der Waals surface area contributed by atoms with Crippen molar-refractivity contribution in [2.45, 2.75) is 0 Å². The molecule has 0 amide bonds. The zero-order chi connectivity index (χ0) is 11.9. The number of rotatable bonds is 0. The van der Waals surface area contributed by atoms with Gasteiger partial charge >= 0.3 is 0 Å². The van der Waals surface area contributed by atoms with Crippen molar-refractivity contribution < 1.29 is 5.11 Å². The van der Waals surface area contributed by atoms with Gasteiger partial charge in [0, 0.05) is 12.4 Å². The summed E-state index contributed by atoms with van der Waals surface area (Å²) in [7, 11) is 0. The van der Waals surface area contributed by atoms with Crippen molar-refractivity contribution in [2.24, 2.45) is 0 Å². The fraction of sp³-hybridized carbons (Fsp3) is 0.